The zero-order valence-corrected chi connectivity index (χ0v) is 15.7. The van der Waals surface area contributed by atoms with Crippen LogP contribution in [0, 0.1) is 6.92 Å². The zero-order chi connectivity index (χ0) is 17.0. The number of hydrogen-bond acceptors (Lipinski definition) is 3. The molecule has 0 aliphatic heterocycles. The van der Waals surface area contributed by atoms with Crippen molar-refractivity contribution in [3.8, 4) is 11.3 Å². The van der Waals surface area contributed by atoms with E-state index in [9.17, 15) is 4.79 Å². The third kappa shape index (κ3) is 3.63. The monoisotopic (exact) mass is 375 g/mol. The molecule has 23 heavy (non-hydrogen) atoms. The Hall–Kier alpha value is -1.68. The van der Waals surface area contributed by atoms with Gasteiger partial charge in [0, 0.05) is 10.0 Å². The summed E-state index contributed by atoms with van der Waals surface area (Å²) in [5.74, 6) is -0.338. The summed E-state index contributed by atoms with van der Waals surface area (Å²) < 4.78 is 5.84. The first-order valence-electron chi connectivity index (χ1n) is 7.98. The summed E-state index contributed by atoms with van der Waals surface area (Å²) >= 11 is 3.52. The number of benzene rings is 1. The molecule has 0 amide bonds. The Labute approximate surface area is 146 Å². The molecule has 0 radical (unpaired) electrons. The predicted molar refractivity (Wildman–Crippen MR) is 96.8 cm³/mol. The number of carbonyl (C=O) groups is 1. The number of hydrogen-bond donors (Lipinski definition) is 0. The summed E-state index contributed by atoms with van der Waals surface area (Å²) in [6, 6.07) is 8.29. The van der Waals surface area contributed by atoms with Crippen LogP contribution in [0.15, 0.2) is 28.7 Å². The number of rotatable bonds is 5. The number of carbonyl (C=O) groups excluding carboxylic acids is 1. The van der Waals surface area contributed by atoms with Crippen LogP contribution >= 0.6 is 15.9 Å². The number of aryl methyl sites for hydroxylation is 3. The van der Waals surface area contributed by atoms with Gasteiger partial charge in [-0.1, -0.05) is 32.0 Å². The second kappa shape index (κ2) is 7.73. The molecule has 122 valence electrons. The highest BCUT2D eigenvalue weighted by molar-refractivity contribution is 9.10. The lowest BCUT2D eigenvalue weighted by Gasteiger charge is -2.15. The van der Waals surface area contributed by atoms with Gasteiger partial charge in [0.1, 0.15) is 0 Å². The summed E-state index contributed by atoms with van der Waals surface area (Å²) in [7, 11) is 0. The first-order chi connectivity index (χ1) is 11.0. The lowest BCUT2D eigenvalue weighted by molar-refractivity contribution is 0.0524. The molecule has 0 saturated carbocycles. The minimum absolute atomic E-state index is 0.338. The summed E-state index contributed by atoms with van der Waals surface area (Å²) in [4.78, 5) is 16.8. The standard InChI is InChI=1S/C19H22BrNO2/c1-5-13-9-8-10-14(6-2)18(13)16-11-15(20)17(12(4)21-16)19(22)23-7-3/h8-11H,5-7H2,1-4H3. The average Bonchev–Trinajstić information content (AvgIpc) is 2.53. The fourth-order valence-electron chi connectivity index (χ4n) is 2.78. The van der Waals surface area contributed by atoms with Crippen molar-refractivity contribution in [2.24, 2.45) is 0 Å². The van der Waals surface area contributed by atoms with Crippen molar-refractivity contribution >= 4 is 21.9 Å². The van der Waals surface area contributed by atoms with Gasteiger partial charge in [-0.25, -0.2) is 4.79 Å². The van der Waals surface area contributed by atoms with E-state index in [1.165, 1.54) is 16.7 Å². The molecule has 0 atom stereocenters. The van der Waals surface area contributed by atoms with Gasteiger partial charge in [-0.15, -0.1) is 0 Å². The molecule has 0 fully saturated rings. The quantitative estimate of drug-likeness (QED) is 0.680. The molecule has 4 heteroatoms. The first-order valence-corrected chi connectivity index (χ1v) is 8.78. The minimum atomic E-state index is -0.338. The Morgan fingerprint density at radius 3 is 2.26 bits per heavy atom. The summed E-state index contributed by atoms with van der Waals surface area (Å²) in [5, 5.41) is 0. The van der Waals surface area contributed by atoms with Crippen LogP contribution in [0.5, 0.6) is 0 Å². The van der Waals surface area contributed by atoms with Gasteiger partial charge in [0.05, 0.1) is 23.6 Å². The van der Waals surface area contributed by atoms with E-state index in [0.717, 1.165) is 23.0 Å². The van der Waals surface area contributed by atoms with Crippen LogP contribution in [0.1, 0.15) is 48.0 Å². The Kier molecular flexibility index (Phi) is 5.94. The molecule has 0 saturated heterocycles. The van der Waals surface area contributed by atoms with Gasteiger partial charge in [-0.3, -0.25) is 4.98 Å². The van der Waals surface area contributed by atoms with Gasteiger partial charge in [0.25, 0.3) is 0 Å². The third-order valence-electron chi connectivity index (χ3n) is 3.89. The molecule has 3 nitrogen and oxygen atoms in total. The van der Waals surface area contributed by atoms with Gasteiger partial charge in [-0.2, -0.15) is 0 Å². The van der Waals surface area contributed by atoms with E-state index in [1.54, 1.807) is 6.92 Å². The maximum Gasteiger partial charge on any atom is 0.341 e. The molecule has 0 aliphatic carbocycles. The molecular formula is C19H22BrNO2. The number of pyridine rings is 1. The highest BCUT2D eigenvalue weighted by Crippen LogP contribution is 2.32. The highest BCUT2D eigenvalue weighted by Gasteiger charge is 2.19. The van der Waals surface area contributed by atoms with Crippen molar-refractivity contribution in [3.05, 3.63) is 51.1 Å². The Balaban J connectivity index is 2.61. The van der Waals surface area contributed by atoms with E-state index in [0.29, 0.717) is 17.9 Å². The van der Waals surface area contributed by atoms with Gasteiger partial charge >= 0.3 is 5.97 Å². The van der Waals surface area contributed by atoms with Crippen LogP contribution in [-0.2, 0) is 17.6 Å². The predicted octanol–water partition coefficient (Wildman–Crippen LogP) is 5.12. The van der Waals surface area contributed by atoms with Crippen LogP contribution in [0.2, 0.25) is 0 Å². The normalized spacial score (nSPS) is 10.7. The van der Waals surface area contributed by atoms with Crippen molar-refractivity contribution in [1.29, 1.82) is 0 Å². The molecule has 1 aromatic heterocycles. The van der Waals surface area contributed by atoms with Crippen LogP contribution < -0.4 is 0 Å². The number of nitrogens with zero attached hydrogens (tertiary/aromatic N) is 1. The van der Waals surface area contributed by atoms with E-state index in [1.807, 2.05) is 13.0 Å². The van der Waals surface area contributed by atoms with Crippen LogP contribution in [-0.4, -0.2) is 17.6 Å². The second-order valence-corrected chi connectivity index (χ2v) is 6.18. The van der Waals surface area contributed by atoms with E-state index >= 15 is 0 Å². The Morgan fingerprint density at radius 2 is 1.78 bits per heavy atom. The lowest BCUT2D eigenvalue weighted by atomic mass is 9.94. The van der Waals surface area contributed by atoms with Gasteiger partial charge < -0.3 is 4.74 Å². The van der Waals surface area contributed by atoms with Crippen molar-refractivity contribution in [2.75, 3.05) is 6.61 Å². The molecule has 0 N–H and O–H groups in total. The summed E-state index contributed by atoms with van der Waals surface area (Å²) in [6.07, 6.45) is 1.89. The molecule has 0 spiro atoms. The van der Waals surface area contributed by atoms with E-state index in [4.69, 9.17) is 9.72 Å². The maximum atomic E-state index is 12.1. The molecular weight excluding hydrogens is 354 g/mol. The smallest absolute Gasteiger partial charge is 0.341 e. The molecule has 2 aromatic rings. The van der Waals surface area contributed by atoms with Crippen LogP contribution in [0.3, 0.4) is 0 Å². The topological polar surface area (TPSA) is 39.2 Å². The lowest BCUT2D eigenvalue weighted by Crippen LogP contribution is -2.10. The fourth-order valence-corrected chi connectivity index (χ4v) is 3.45. The average molecular weight is 376 g/mol. The number of ether oxygens (including phenoxy) is 1. The van der Waals surface area contributed by atoms with Gasteiger partial charge in [0.15, 0.2) is 0 Å². The summed E-state index contributed by atoms with van der Waals surface area (Å²) in [5.41, 5.74) is 5.80. The maximum absolute atomic E-state index is 12.1. The zero-order valence-electron chi connectivity index (χ0n) is 14.1. The van der Waals surface area contributed by atoms with Crippen molar-refractivity contribution < 1.29 is 9.53 Å². The van der Waals surface area contributed by atoms with Gasteiger partial charge in [0.2, 0.25) is 0 Å². The molecule has 0 unspecified atom stereocenters. The second-order valence-electron chi connectivity index (χ2n) is 5.33. The minimum Gasteiger partial charge on any atom is -0.462 e. The first kappa shape index (κ1) is 17.7. The van der Waals surface area contributed by atoms with Crippen LogP contribution in [0.4, 0.5) is 0 Å². The Morgan fingerprint density at radius 1 is 1.17 bits per heavy atom. The SMILES string of the molecule is CCOC(=O)c1c(Br)cc(-c2c(CC)cccc2CC)nc1C. The van der Waals surface area contributed by atoms with Gasteiger partial charge in [-0.05, 0) is 59.8 Å². The third-order valence-corrected chi connectivity index (χ3v) is 4.51. The highest BCUT2D eigenvalue weighted by atomic mass is 79.9. The van der Waals surface area contributed by atoms with Crippen molar-refractivity contribution in [3.63, 3.8) is 0 Å². The van der Waals surface area contributed by atoms with E-state index in [2.05, 4.69) is 48.0 Å². The molecule has 0 aliphatic rings. The van der Waals surface area contributed by atoms with Crippen LogP contribution in [0.25, 0.3) is 11.3 Å². The molecule has 2 rings (SSSR count). The number of esters is 1. The largest absolute Gasteiger partial charge is 0.462 e. The van der Waals surface area contributed by atoms with E-state index < -0.39 is 0 Å². The Bertz CT molecular complexity index is 680. The van der Waals surface area contributed by atoms with Crippen molar-refractivity contribution in [1.82, 2.24) is 4.98 Å². The molecule has 0 bridgehead atoms. The number of halogens is 1. The van der Waals surface area contributed by atoms with E-state index in [-0.39, 0.29) is 5.97 Å². The number of aromatic nitrogens is 1. The van der Waals surface area contributed by atoms with Crippen molar-refractivity contribution in [2.45, 2.75) is 40.5 Å². The summed E-state index contributed by atoms with van der Waals surface area (Å²) in [6.45, 7) is 8.29. The fraction of sp³-hybridized carbons (Fsp3) is 0.368. The molecule has 1 heterocycles. The molecule has 1 aromatic carbocycles.